The lowest BCUT2D eigenvalue weighted by atomic mass is 10.0. The smallest absolute Gasteiger partial charge is 0.160 e. The summed E-state index contributed by atoms with van der Waals surface area (Å²) in [5.41, 5.74) is 15.3. The summed E-state index contributed by atoms with van der Waals surface area (Å²) in [6, 6.07) is 77.4. The molecule has 0 saturated carbocycles. The molecule has 0 spiro atoms. The molecule has 0 fully saturated rings. The molecule has 0 aliphatic carbocycles. The van der Waals surface area contributed by atoms with E-state index in [2.05, 4.69) is 209 Å². The second-order valence-electron chi connectivity index (χ2n) is 16.2. The summed E-state index contributed by atoms with van der Waals surface area (Å²) in [6.45, 7) is 0. The molecule has 0 bridgehead atoms. The number of para-hydroxylation sites is 5. The fourth-order valence-corrected chi connectivity index (χ4v) is 9.60. The predicted octanol–water partition coefficient (Wildman–Crippen LogP) is 15.2. The minimum Gasteiger partial charge on any atom is -0.456 e. The number of nitrogens with zero attached hydrogens (tertiary/aromatic N) is 4. The van der Waals surface area contributed by atoms with E-state index < -0.39 is 0 Å². The number of benzene rings is 9. The molecule has 0 N–H and O–H groups in total. The molecule has 13 rings (SSSR count). The first-order chi connectivity index (χ1) is 31.2. The maximum absolute atomic E-state index is 6.24. The van der Waals surface area contributed by atoms with Gasteiger partial charge in [0, 0.05) is 60.4 Å². The molecule has 0 aliphatic heterocycles. The maximum Gasteiger partial charge on any atom is 0.160 e. The van der Waals surface area contributed by atoms with Crippen LogP contribution in [-0.2, 0) is 0 Å². The van der Waals surface area contributed by atoms with Crippen molar-refractivity contribution in [2.45, 2.75) is 0 Å². The van der Waals surface area contributed by atoms with Crippen LogP contribution in [0.15, 0.2) is 223 Å². The highest BCUT2D eigenvalue weighted by Crippen LogP contribution is 2.39. The Kier molecular flexibility index (Phi) is 7.84. The zero-order chi connectivity index (χ0) is 41.4. The van der Waals surface area contributed by atoms with Gasteiger partial charge in [-0.1, -0.05) is 152 Å². The topological polar surface area (TPSA) is 48.8 Å². The summed E-state index contributed by atoms with van der Waals surface area (Å²) in [5, 5.41) is 7.11. The van der Waals surface area contributed by atoms with Crippen molar-refractivity contribution in [3.63, 3.8) is 0 Å². The first-order valence-electron chi connectivity index (χ1n) is 21.3. The van der Waals surface area contributed by atoms with Gasteiger partial charge < -0.3 is 13.6 Å². The normalized spacial score (nSPS) is 11.8. The van der Waals surface area contributed by atoms with Gasteiger partial charge in [-0.25, -0.2) is 9.97 Å². The summed E-state index contributed by atoms with van der Waals surface area (Å²) in [6.07, 6.45) is 0. The summed E-state index contributed by atoms with van der Waals surface area (Å²) < 4.78 is 11.0. The molecule has 0 unspecified atom stereocenters. The Morgan fingerprint density at radius 3 is 1.30 bits per heavy atom. The summed E-state index contributed by atoms with van der Waals surface area (Å²) >= 11 is 0. The Morgan fingerprint density at radius 1 is 0.286 bits per heavy atom. The quantitative estimate of drug-likeness (QED) is 0.168. The molecule has 4 heterocycles. The van der Waals surface area contributed by atoms with Gasteiger partial charge in [0.1, 0.15) is 11.2 Å². The summed E-state index contributed by atoms with van der Waals surface area (Å²) in [7, 11) is 0. The van der Waals surface area contributed by atoms with Crippen LogP contribution in [0.2, 0.25) is 0 Å². The first kappa shape index (κ1) is 35.2. The van der Waals surface area contributed by atoms with Gasteiger partial charge >= 0.3 is 0 Å². The van der Waals surface area contributed by atoms with Gasteiger partial charge in [0.05, 0.1) is 33.5 Å². The van der Waals surface area contributed by atoms with Crippen molar-refractivity contribution in [1.29, 1.82) is 0 Å². The van der Waals surface area contributed by atoms with Crippen molar-refractivity contribution in [1.82, 2.24) is 19.1 Å². The predicted molar refractivity (Wildman–Crippen MR) is 260 cm³/mol. The lowest BCUT2D eigenvalue weighted by Gasteiger charge is -2.16. The van der Waals surface area contributed by atoms with Crippen molar-refractivity contribution in [3.8, 4) is 56.4 Å². The number of aromatic nitrogens is 4. The first-order valence-corrected chi connectivity index (χ1v) is 21.3. The average Bonchev–Trinajstić information content (AvgIpc) is 4.02. The van der Waals surface area contributed by atoms with Crippen molar-refractivity contribution in [2.75, 3.05) is 0 Å². The maximum atomic E-state index is 6.24. The minimum atomic E-state index is 0.659. The molecular formula is C58H36N4O. The zero-order valence-corrected chi connectivity index (χ0v) is 34.0. The molecule has 294 valence electrons. The molecule has 0 aliphatic rings. The van der Waals surface area contributed by atoms with Gasteiger partial charge in [-0.05, 0) is 77.9 Å². The number of furan rings is 1. The minimum absolute atomic E-state index is 0.659. The van der Waals surface area contributed by atoms with Gasteiger partial charge in [-0.3, -0.25) is 0 Å². The van der Waals surface area contributed by atoms with Gasteiger partial charge in [-0.2, -0.15) is 0 Å². The average molecular weight is 805 g/mol. The van der Waals surface area contributed by atoms with Crippen LogP contribution in [-0.4, -0.2) is 19.1 Å². The third-order valence-corrected chi connectivity index (χ3v) is 12.5. The molecule has 4 aromatic heterocycles. The molecule has 13 aromatic rings. The SMILES string of the molecule is c1ccc(-c2cc(-c3cc(-n4c5ccccc5c5ccccc54)cc(-n4c5ccccc5c5ccccc54)c3)nc(-c3ccc(-c4ccc5c(c4)oc4ccccc45)cc3)n2)cc1. The van der Waals surface area contributed by atoms with Gasteiger partial charge in [0.25, 0.3) is 0 Å². The standard InChI is InChI=1S/C58H36N4O/c1-2-14-38(15-3-1)50-36-51(60-58(59-50)39-28-26-37(27-29-39)40-30-31-49-48-20-8-13-25-56(48)63-57(49)34-40)41-32-42(61-52-21-9-4-16-44(52)45-17-5-10-22-53(45)61)35-43(33-41)62-54-23-11-6-18-46(54)47-19-7-12-24-55(47)62/h1-36H. The van der Waals surface area contributed by atoms with Crippen LogP contribution in [0.1, 0.15) is 0 Å². The number of rotatable bonds is 6. The lowest BCUT2D eigenvalue weighted by Crippen LogP contribution is -2.01. The van der Waals surface area contributed by atoms with Crippen LogP contribution in [0.5, 0.6) is 0 Å². The number of hydrogen-bond acceptors (Lipinski definition) is 3. The van der Waals surface area contributed by atoms with Crippen LogP contribution in [0.25, 0.3) is 122 Å². The highest BCUT2D eigenvalue weighted by Gasteiger charge is 2.19. The Hall–Kier alpha value is -8.54. The number of hydrogen-bond donors (Lipinski definition) is 0. The highest BCUT2D eigenvalue weighted by atomic mass is 16.3. The van der Waals surface area contributed by atoms with Crippen molar-refractivity contribution < 1.29 is 4.42 Å². The van der Waals surface area contributed by atoms with E-state index in [0.717, 1.165) is 94.6 Å². The van der Waals surface area contributed by atoms with Crippen LogP contribution >= 0.6 is 0 Å². The summed E-state index contributed by atoms with van der Waals surface area (Å²) in [4.78, 5) is 10.7. The lowest BCUT2D eigenvalue weighted by molar-refractivity contribution is 0.669. The molecule has 0 radical (unpaired) electrons. The molecule has 0 saturated heterocycles. The van der Waals surface area contributed by atoms with Gasteiger partial charge in [0.2, 0.25) is 0 Å². The largest absolute Gasteiger partial charge is 0.456 e. The van der Waals surface area contributed by atoms with E-state index in [1.54, 1.807) is 0 Å². The molecule has 0 amide bonds. The van der Waals surface area contributed by atoms with E-state index in [4.69, 9.17) is 14.4 Å². The van der Waals surface area contributed by atoms with Crippen LogP contribution in [0.3, 0.4) is 0 Å². The van der Waals surface area contributed by atoms with E-state index in [1.165, 1.54) is 21.5 Å². The van der Waals surface area contributed by atoms with Crippen molar-refractivity contribution >= 4 is 65.6 Å². The molecule has 5 nitrogen and oxygen atoms in total. The molecule has 0 atom stereocenters. The van der Waals surface area contributed by atoms with Gasteiger partial charge in [-0.15, -0.1) is 0 Å². The van der Waals surface area contributed by atoms with E-state index in [9.17, 15) is 0 Å². The van der Waals surface area contributed by atoms with Crippen LogP contribution in [0, 0.1) is 0 Å². The number of fused-ring (bicyclic) bond motifs is 9. The Morgan fingerprint density at radius 2 is 0.730 bits per heavy atom. The fourth-order valence-electron chi connectivity index (χ4n) is 9.60. The van der Waals surface area contributed by atoms with Crippen molar-refractivity contribution in [3.05, 3.63) is 218 Å². The third kappa shape index (κ3) is 5.71. The molecule has 63 heavy (non-hydrogen) atoms. The van der Waals surface area contributed by atoms with E-state index >= 15 is 0 Å². The fraction of sp³-hybridized carbons (Fsp3) is 0. The summed E-state index contributed by atoms with van der Waals surface area (Å²) in [5.74, 6) is 0.659. The molecule has 9 aromatic carbocycles. The van der Waals surface area contributed by atoms with Crippen LogP contribution < -0.4 is 0 Å². The van der Waals surface area contributed by atoms with E-state index in [-0.39, 0.29) is 0 Å². The Labute approximate surface area is 362 Å². The van der Waals surface area contributed by atoms with Crippen molar-refractivity contribution in [2.24, 2.45) is 0 Å². The van der Waals surface area contributed by atoms with E-state index in [1.807, 2.05) is 18.2 Å². The second kappa shape index (κ2) is 14.0. The monoisotopic (exact) mass is 804 g/mol. The highest BCUT2D eigenvalue weighted by molar-refractivity contribution is 6.11. The van der Waals surface area contributed by atoms with Crippen LogP contribution in [0.4, 0.5) is 0 Å². The second-order valence-corrected chi connectivity index (χ2v) is 16.2. The Balaban J connectivity index is 1.02. The van der Waals surface area contributed by atoms with E-state index in [0.29, 0.717) is 5.82 Å². The third-order valence-electron chi connectivity index (χ3n) is 12.5. The Bertz CT molecular complexity index is 3670. The zero-order valence-electron chi connectivity index (χ0n) is 34.0. The molecular weight excluding hydrogens is 769 g/mol. The van der Waals surface area contributed by atoms with Gasteiger partial charge in [0.15, 0.2) is 5.82 Å². The molecule has 5 heteroatoms.